The lowest BCUT2D eigenvalue weighted by Gasteiger charge is -2.25. The normalized spacial score (nSPS) is 11.3. The van der Waals surface area contributed by atoms with Gasteiger partial charge < -0.3 is 5.32 Å². The van der Waals surface area contributed by atoms with E-state index in [-0.39, 0.29) is 17.3 Å². The van der Waals surface area contributed by atoms with Gasteiger partial charge in [-0.15, -0.1) is 0 Å². The second-order valence-corrected chi connectivity index (χ2v) is 11.5. The number of nitrogens with one attached hydrogen (secondary N) is 1. The summed E-state index contributed by atoms with van der Waals surface area (Å²) in [6.45, 7) is 3.82. The Morgan fingerprint density at radius 3 is 2.35 bits per heavy atom. The van der Waals surface area contributed by atoms with E-state index in [0.717, 1.165) is 22.4 Å². The lowest BCUT2D eigenvalue weighted by molar-refractivity contribution is -0.119. The molecule has 34 heavy (non-hydrogen) atoms. The Morgan fingerprint density at radius 1 is 0.971 bits per heavy atom. The van der Waals surface area contributed by atoms with Crippen molar-refractivity contribution in [1.82, 2.24) is 5.32 Å². The number of para-hydroxylation sites is 1. The minimum absolute atomic E-state index is 0.145. The van der Waals surface area contributed by atoms with Crippen LogP contribution >= 0.6 is 35.0 Å². The van der Waals surface area contributed by atoms with Gasteiger partial charge in [-0.1, -0.05) is 65.2 Å². The van der Waals surface area contributed by atoms with Crippen LogP contribution in [0.1, 0.15) is 16.7 Å². The highest BCUT2D eigenvalue weighted by molar-refractivity contribution is 7.98. The van der Waals surface area contributed by atoms with Crippen LogP contribution < -0.4 is 9.62 Å². The fourth-order valence-electron chi connectivity index (χ4n) is 3.25. The van der Waals surface area contributed by atoms with E-state index in [1.54, 1.807) is 54.2 Å². The molecule has 1 N–H and O–H groups in total. The maximum atomic E-state index is 13.4. The first-order valence-corrected chi connectivity index (χ1v) is 14.0. The van der Waals surface area contributed by atoms with Crippen molar-refractivity contribution in [2.75, 3.05) is 23.1 Å². The number of benzene rings is 3. The standard InChI is InChI=1S/C25H26Cl2N2O3S2/c1-18-7-10-21(11-8-18)34(31,32)29(24-6-4-3-5-19(24)2)16-25(30)28-13-14-33-17-20-9-12-22(26)23(27)15-20/h3-12,15H,13-14,16-17H2,1-2H3,(H,28,30). The molecule has 0 saturated carbocycles. The Kier molecular flexibility index (Phi) is 9.31. The van der Waals surface area contributed by atoms with Gasteiger partial charge in [-0.05, 0) is 55.3 Å². The molecule has 0 fully saturated rings. The summed E-state index contributed by atoms with van der Waals surface area (Å²) in [5.41, 5.74) is 3.24. The third kappa shape index (κ3) is 6.92. The van der Waals surface area contributed by atoms with Crippen molar-refractivity contribution in [2.45, 2.75) is 24.5 Å². The number of aryl methyl sites for hydroxylation is 2. The smallest absolute Gasteiger partial charge is 0.264 e. The molecule has 0 unspecified atom stereocenters. The molecule has 3 rings (SSSR count). The minimum atomic E-state index is -3.92. The van der Waals surface area contributed by atoms with Gasteiger partial charge in [-0.2, -0.15) is 11.8 Å². The Balaban J connectivity index is 1.64. The van der Waals surface area contributed by atoms with Gasteiger partial charge in [0.15, 0.2) is 0 Å². The molecule has 180 valence electrons. The van der Waals surface area contributed by atoms with Crippen LogP contribution in [0, 0.1) is 13.8 Å². The molecule has 0 heterocycles. The summed E-state index contributed by atoms with van der Waals surface area (Å²) in [4.78, 5) is 12.9. The van der Waals surface area contributed by atoms with Gasteiger partial charge in [-0.3, -0.25) is 9.10 Å². The molecule has 0 aliphatic carbocycles. The first-order chi connectivity index (χ1) is 16.2. The van der Waals surface area contributed by atoms with Crippen molar-refractivity contribution in [2.24, 2.45) is 0 Å². The maximum Gasteiger partial charge on any atom is 0.264 e. The van der Waals surface area contributed by atoms with Gasteiger partial charge in [-0.25, -0.2) is 8.42 Å². The molecule has 0 saturated heterocycles. The number of hydrogen-bond donors (Lipinski definition) is 1. The Hall–Kier alpha value is -2.19. The fraction of sp³-hybridized carbons (Fsp3) is 0.240. The van der Waals surface area contributed by atoms with E-state index in [1.165, 1.54) is 4.31 Å². The number of amides is 1. The van der Waals surface area contributed by atoms with Crippen LogP contribution in [0.15, 0.2) is 71.6 Å². The summed E-state index contributed by atoms with van der Waals surface area (Å²) in [6.07, 6.45) is 0. The number of halogens is 2. The van der Waals surface area contributed by atoms with Crippen LogP contribution in [0.5, 0.6) is 0 Å². The topological polar surface area (TPSA) is 66.5 Å². The van der Waals surface area contributed by atoms with E-state index in [0.29, 0.717) is 28.0 Å². The molecule has 0 aromatic heterocycles. The second kappa shape index (κ2) is 12.0. The highest BCUT2D eigenvalue weighted by Gasteiger charge is 2.28. The van der Waals surface area contributed by atoms with E-state index in [9.17, 15) is 13.2 Å². The summed E-state index contributed by atoms with van der Waals surface area (Å²) in [6, 6.07) is 19.2. The predicted molar refractivity (Wildman–Crippen MR) is 143 cm³/mol. The zero-order valence-corrected chi connectivity index (χ0v) is 22.1. The summed E-state index contributed by atoms with van der Waals surface area (Å²) in [5, 5.41) is 3.86. The number of carbonyl (C=O) groups excluding carboxylic acids is 1. The molecule has 3 aromatic carbocycles. The monoisotopic (exact) mass is 536 g/mol. The Bertz CT molecular complexity index is 1250. The van der Waals surface area contributed by atoms with Crippen molar-refractivity contribution in [3.8, 4) is 0 Å². The quantitative estimate of drug-likeness (QED) is 0.329. The number of hydrogen-bond acceptors (Lipinski definition) is 4. The van der Waals surface area contributed by atoms with E-state index in [1.807, 2.05) is 38.1 Å². The van der Waals surface area contributed by atoms with Gasteiger partial charge in [0.25, 0.3) is 10.0 Å². The summed E-state index contributed by atoms with van der Waals surface area (Å²) < 4.78 is 28.0. The van der Waals surface area contributed by atoms with Crippen LogP contribution in [-0.2, 0) is 20.6 Å². The highest BCUT2D eigenvalue weighted by Crippen LogP contribution is 2.27. The van der Waals surface area contributed by atoms with Crippen molar-refractivity contribution in [1.29, 1.82) is 0 Å². The van der Waals surface area contributed by atoms with Crippen LogP contribution in [-0.4, -0.2) is 33.2 Å². The molecule has 0 radical (unpaired) electrons. The SMILES string of the molecule is Cc1ccc(S(=O)(=O)N(CC(=O)NCCSCc2ccc(Cl)c(Cl)c2)c2ccccc2C)cc1. The van der Waals surface area contributed by atoms with Crippen LogP contribution in [0.2, 0.25) is 10.0 Å². The molecule has 0 aliphatic heterocycles. The van der Waals surface area contributed by atoms with Crippen LogP contribution in [0.4, 0.5) is 5.69 Å². The van der Waals surface area contributed by atoms with Crippen LogP contribution in [0.25, 0.3) is 0 Å². The summed E-state index contributed by atoms with van der Waals surface area (Å²) in [7, 11) is -3.92. The van der Waals surface area contributed by atoms with Crippen molar-refractivity contribution in [3.05, 3.63) is 93.5 Å². The molecule has 0 aliphatic rings. The Morgan fingerprint density at radius 2 is 1.68 bits per heavy atom. The first kappa shape index (κ1) is 26.4. The average Bonchev–Trinajstić information content (AvgIpc) is 2.80. The molecule has 0 bridgehead atoms. The third-order valence-corrected chi connectivity index (χ3v) is 8.64. The second-order valence-electron chi connectivity index (χ2n) is 7.76. The molecule has 1 amide bonds. The van der Waals surface area contributed by atoms with Crippen molar-refractivity contribution in [3.63, 3.8) is 0 Å². The van der Waals surface area contributed by atoms with E-state index >= 15 is 0 Å². The van der Waals surface area contributed by atoms with Gasteiger partial charge >= 0.3 is 0 Å². The minimum Gasteiger partial charge on any atom is -0.354 e. The number of thioether (sulfide) groups is 1. The van der Waals surface area contributed by atoms with Gasteiger partial charge in [0, 0.05) is 18.1 Å². The largest absolute Gasteiger partial charge is 0.354 e. The molecule has 5 nitrogen and oxygen atoms in total. The van der Waals surface area contributed by atoms with Gasteiger partial charge in [0.2, 0.25) is 5.91 Å². The summed E-state index contributed by atoms with van der Waals surface area (Å²) in [5.74, 6) is 1.03. The number of rotatable bonds is 10. The predicted octanol–water partition coefficient (Wildman–Crippen LogP) is 5.86. The molecule has 0 atom stereocenters. The molecule has 9 heteroatoms. The average molecular weight is 538 g/mol. The summed E-state index contributed by atoms with van der Waals surface area (Å²) >= 11 is 13.6. The van der Waals surface area contributed by atoms with Crippen LogP contribution in [0.3, 0.4) is 0 Å². The van der Waals surface area contributed by atoms with E-state index in [4.69, 9.17) is 23.2 Å². The van der Waals surface area contributed by atoms with Crippen molar-refractivity contribution >= 4 is 56.6 Å². The lowest BCUT2D eigenvalue weighted by Crippen LogP contribution is -2.41. The molecular weight excluding hydrogens is 511 g/mol. The molecule has 3 aromatic rings. The molecule has 0 spiro atoms. The van der Waals surface area contributed by atoms with Gasteiger partial charge in [0.1, 0.15) is 6.54 Å². The van der Waals surface area contributed by atoms with E-state index < -0.39 is 10.0 Å². The lowest BCUT2D eigenvalue weighted by atomic mass is 10.2. The van der Waals surface area contributed by atoms with Gasteiger partial charge in [0.05, 0.1) is 20.6 Å². The maximum absolute atomic E-state index is 13.4. The Labute approximate surface area is 215 Å². The first-order valence-electron chi connectivity index (χ1n) is 10.6. The number of sulfonamides is 1. The van der Waals surface area contributed by atoms with Crippen molar-refractivity contribution < 1.29 is 13.2 Å². The third-order valence-electron chi connectivity index (χ3n) is 5.10. The number of anilines is 1. The number of nitrogens with zero attached hydrogens (tertiary/aromatic N) is 1. The fourth-order valence-corrected chi connectivity index (χ4v) is 5.86. The van der Waals surface area contributed by atoms with E-state index in [2.05, 4.69) is 5.32 Å². The zero-order valence-electron chi connectivity index (χ0n) is 18.9. The molecular formula is C25H26Cl2N2O3S2. The number of carbonyl (C=O) groups is 1. The zero-order chi connectivity index (χ0) is 24.7. The highest BCUT2D eigenvalue weighted by atomic mass is 35.5.